The Kier molecular flexibility index (Phi) is 18.2. The first kappa shape index (κ1) is 22.0. The molecule has 0 aromatic heterocycles. The number of hydrogen-bond acceptors (Lipinski definition) is 2. The van der Waals surface area contributed by atoms with Gasteiger partial charge in [0.25, 0.3) is 0 Å². The quantitative estimate of drug-likeness (QED) is 0.0853. The second kappa shape index (κ2) is 19.1. The molecule has 0 atom stereocenters. The first-order valence-electron chi connectivity index (χ1n) is 9.78. The minimum atomic E-state index is 0.134. The predicted octanol–water partition coefficient (Wildman–Crippen LogP) is 5.75. The monoisotopic (exact) mass is 326 g/mol. The standard InChI is InChI=1S/C20H38O3/c1-3-5-6-7-8-9-10-11-12-13-14-15-16-17-18-19-20(23-21)22-4-2/h4H,2-3,5-19H2,1H3. The van der Waals surface area contributed by atoms with Crippen molar-refractivity contribution in [2.45, 2.75) is 110 Å². The third kappa shape index (κ3) is 17.2. The second-order valence-electron chi connectivity index (χ2n) is 6.44. The Morgan fingerprint density at radius 2 is 1.17 bits per heavy atom. The Hall–Kier alpha value is -0.990. The van der Waals surface area contributed by atoms with Crippen LogP contribution in [0.15, 0.2) is 12.8 Å². The Bertz CT molecular complexity index is 274. The van der Waals surface area contributed by atoms with Crippen molar-refractivity contribution in [3.63, 3.8) is 0 Å². The van der Waals surface area contributed by atoms with Crippen LogP contribution in [-0.2, 0) is 9.31 Å². The highest BCUT2D eigenvalue weighted by molar-refractivity contribution is 5.70. The van der Waals surface area contributed by atoms with E-state index < -0.39 is 0 Å². The lowest BCUT2D eigenvalue weighted by Crippen LogP contribution is -2.11. The number of rotatable bonds is 17. The van der Waals surface area contributed by atoms with Gasteiger partial charge in [0.05, 0.1) is 0 Å². The van der Waals surface area contributed by atoms with Crippen molar-refractivity contribution in [1.82, 2.24) is 0 Å². The van der Waals surface area contributed by atoms with E-state index in [0.717, 1.165) is 12.8 Å². The van der Waals surface area contributed by atoms with Crippen LogP contribution in [-0.4, -0.2) is 5.97 Å². The van der Waals surface area contributed by atoms with Crippen LogP contribution in [0.3, 0.4) is 0 Å². The van der Waals surface area contributed by atoms with Gasteiger partial charge < -0.3 is 5.26 Å². The van der Waals surface area contributed by atoms with Gasteiger partial charge in [-0.2, -0.15) is 0 Å². The van der Waals surface area contributed by atoms with E-state index in [9.17, 15) is 5.26 Å². The lowest BCUT2D eigenvalue weighted by atomic mass is 10.0. The molecule has 23 heavy (non-hydrogen) atoms. The molecular weight excluding hydrogens is 288 g/mol. The summed E-state index contributed by atoms with van der Waals surface area (Å²) in [5.74, 6) is 0.134. The molecule has 0 amide bonds. The SMILES string of the molecule is C=COC(CCCCCCCCCCCCCCCCC)=[O+][O-]. The van der Waals surface area contributed by atoms with Crippen molar-refractivity contribution in [3.05, 3.63) is 12.8 Å². The molecule has 0 aliphatic heterocycles. The summed E-state index contributed by atoms with van der Waals surface area (Å²) < 4.78 is 8.74. The van der Waals surface area contributed by atoms with Crippen molar-refractivity contribution < 1.29 is 14.6 Å². The van der Waals surface area contributed by atoms with Gasteiger partial charge in [-0.25, -0.2) is 0 Å². The molecule has 0 saturated carbocycles. The van der Waals surface area contributed by atoms with Gasteiger partial charge in [-0.15, -0.1) is 0 Å². The summed E-state index contributed by atoms with van der Waals surface area (Å²) in [4.78, 5) is 0. The number of unbranched alkanes of at least 4 members (excludes halogenated alkanes) is 14. The van der Waals surface area contributed by atoms with Crippen LogP contribution in [0.1, 0.15) is 110 Å². The van der Waals surface area contributed by atoms with E-state index in [2.05, 4.69) is 18.1 Å². The first-order chi connectivity index (χ1) is 11.3. The first-order valence-corrected chi connectivity index (χ1v) is 9.78. The van der Waals surface area contributed by atoms with Crippen LogP contribution in [0.4, 0.5) is 0 Å². The van der Waals surface area contributed by atoms with Gasteiger partial charge in [-0.1, -0.05) is 96.8 Å². The van der Waals surface area contributed by atoms with E-state index >= 15 is 0 Å². The minimum absolute atomic E-state index is 0.134. The summed E-state index contributed by atoms with van der Waals surface area (Å²) in [5, 5.41) is 10.3. The van der Waals surface area contributed by atoms with E-state index in [1.165, 1.54) is 89.7 Å². The molecule has 3 nitrogen and oxygen atoms in total. The van der Waals surface area contributed by atoms with Gasteiger partial charge in [-0.3, -0.25) is 9.31 Å². The van der Waals surface area contributed by atoms with Crippen molar-refractivity contribution in [1.29, 1.82) is 0 Å². The molecule has 0 saturated heterocycles. The zero-order valence-electron chi connectivity index (χ0n) is 15.3. The summed E-state index contributed by atoms with van der Waals surface area (Å²) in [6.45, 7) is 5.68. The lowest BCUT2D eigenvalue weighted by molar-refractivity contribution is -1.05. The van der Waals surface area contributed by atoms with Crippen LogP contribution in [0, 0.1) is 0 Å². The lowest BCUT2D eigenvalue weighted by Gasteiger charge is -2.03. The molecule has 0 aromatic rings. The maximum atomic E-state index is 10.3. The molecule has 0 N–H and O–H groups in total. The molecule has 0 spiro atoms. The van der Waals surface area contributed by atoms with Gasteiger partial charge in [0.2, 0.25) is 6.26 Å². The highest BCUT2D eigenvalue weighted by atomic mass is 17.1. The fourth-order valence-electron chi connectivity index (χ4n) is 2.85. The Morgan fingerprint density at radius 1 is 0.783 bits per heavy atom. The molecule has 0 rings (SSSR count). The minimum Gasteiger partial charge on any atom is -0.588 e. The van der Waals surface area contributed by atoms with Crippen LogP contribution >= 0.6 is 0 Å². The van der Waals surface area contributed by atoms with E-state index in [4.69, 9.17) is 4.74 Å². The van der Waals surface area contributed by atoms with E-state index in [-0.39, 0.29) is 5.97 Å². The maximum absolute atomic E-state index is 10.3. The highest BCUT2D eigenvalue weighted by Gasteiger charge is 2.10. The average Bonchev–Trinajstić information content (AvgIpc) is 2.57. The zero-order chi connectivity index (χ0) is 17.0. The number of carbonyl (C=O) groups excluding carboxylic acids is 1. The van der Waals surface area contributed by atoms with Gasteiger partial charge in [0.1, 0.15) is 6.42 Å². The summed E-state index contributed by atoms with van der Waals surface area (Å²) in [5.41, 5.74) is 0. The van der Waals surface area contributed by atoms with Crippen LogP contribution in [0.5, 0.6) is 0 Å². The molecule has 0 fully saturated rings. The summed E-state index contributed by atoms with van der Waals surface area (Å²) in [7, 11) is 0. The Morgan fingerprint density at radius 3 is 1.52 bits per heavy atom. The molecule has 0 radical (unpaired) electrons. The molecule has 3 heteroatoms. The van der Waals surface area contributed by atoms with Gasteiger partial charge >= 0.3 is 5.97 Å². The average molecular weight is 327 g/mol. The Balaban J connectivity index is 3.12. The molecule has 136 valence electrons. The second-order valence-corrected chi connectivity index (χ2v) is 6.44. The fraction of sp³-hybridized carbons (Fsp3) is 0.850. The summed E-state index contributed by atoms with van der Waals surface area (Å²) in [6.07, 6.45) is 21.8. The maximum Gasteiger partial charge on any atom is 0.502 e. The van der Waals surface area contributed by atoms with Gasteiger partial charge in [-0.05, 0) is 13.0 Å². The Labute approximate surface area is 143 Å². The van der Waals surface area contributed by atoms with E-state index in [1.807, 2.05) is 0 Å². The summed E-state index contributed by atoms with van der Waals surface area (Å²) in [6, 6.07) is 0. The molecule has 0 aliphatic carbocycles. The number of ether oxygens (including phenoxy) is 1. The van der Waals surface area contributed by atoms with Gasteiger partial charge in [0, 0.05) is 0 Å². The van der Waals surface area contributed by atoms with Gasteiger partial charge in [0.15, 0.2) is 0 Å². The third-order valence-electron chi connectivity index (χ3n) is 4.29. The molecule has 0 aromatic carbocycles. The molecule has 0 aliphatic rings. The molecular formula is C20H38O3. The van der Waals surface area contributed by atoms with Crippen molar-refractivity contribution in [2.24, 2.45) is 0 Å². The van der Waals surface area contributed by atoms with Crippen LogP contribution in [0.2, 0.25) is 0 Å². The largest absolute Gasteiger partial charge is 0.588 e. The topological polar surface area (TPSA) is 43.6 Å². The van der Waals surface area contributed by atoms with E-state index in [1.54, 1.807) is 0 Å². The molecule has 0 bridgehead atoms. The van der Waals surface area contributed by atoms with Crippen LogP contribution < -0.4 is 5.26 Å². The van der Waals surface area contributed by atoms with Crippen LogP contribution in [0.25, 0.3) is 0 Å². The summed E-state index contributed by atoms with van der Waals surface area (Å²) >= 11 is 0. The van der Waals surface area contributed by atoms with E-state index in [0.29, 0.717) is 6.42 Å². The molecule has 0 heterocycles. The fourth-order valence-corrected chi connectivity index (χ4v) is 2.85. The van der Waals surface area contributed by atoms with Crippen molar-refractivity contribution in [2.75, 3.05) is 0 Å². The smallest absolute Gasteiger partial charge is 0.502 e. The third-order valence-corrected chi connectivity index (χ3v) is 4.29. The highest BCUT2D eigenvalue weighted by Crippen LogP contribution is 2.13. The number of esters is 1. The predicted molar refractivity (Wildman–Crippen MR) is 95.8 cm³/mol. The van der Waals surface area contributed by atoms with Crippen molar-refractivity contribution in [3.8, 4) is 0 Å². The zero-order valence-corrected chi connectivity index (χ0v) is 15.3. The normalized spacial score (nSPS) is 11.6. The van der Waals surface area contributed by atoms with Crippen molar-refractivity contribution >= 4 is 5.97 Å². The molecule has 0 unspecified atom stereocenters. The number of hydrogen-bond donors (Lipinski definition) is 0.